The van der Waals surface area contributed by atoms with E-state index in [1.54, 1.807) is 0 Å². The largest absolute Gasteiger partial charge is 0.309 e. The smallest absolute Gasteiger partial charge is 0.188 e. The molecule has 0 bridgehead atoms. The van der Waals surface area contributed by atoms with Crippen LogP contribution in [-0.2, 0) is 0 Å². The second-order valence-corrected chi connectivity index (χ2v) is 14.0. The lowest BCUT2D eigenvalue weighted by molar-refractivity contribution is 1.07. The van der Waals surface area contributed by atoms with Gasteiger partial charge >= 0.3 is 0 Å². The van der Waals surface area contributed by atoms with Gasteiger partial charge in [0.1, 0.15) is 0 Å². The summed E-state index contributed by atoms with van der Waals surface area (Å²) in [6.07, 6.45) is 0. The summed E-state index contributed by atoms with van der Waals surface area (Å²) in [7, 11) is 0. The minimum atomic E-state index is 0.508. The molecule has 10 aromatic rings. The number of aromatic nitrogens is 6. The van der Waals surface area contributed by atoms with Gasteiger partial charge in [-0.1, -0.05) is 127 Å². The second-order valence-electron chi connectivity index (χ2n) is 14.0. The van der Waals surface area contributed by atoms with Crippen LogP contribution in [0.4, 0.5) is 5.69 Å². The first-order chi connectivity index (χ1) is 29.1. The van der Waals surface area contributed by atoms with Crippen LogP contribution in [0.1, 0.15) is 5.56 Å². The van der Waals surface area contributed by atoms with Gasteiger partial charge in [0, 0.05) is 38.8 Å². The summed E-state index contributed by atoms with van der Waals surface area (Å²) in [4.78, 5) is 29.2. The summed E-state index contributed by atoms with van der Waals surface area (Å²) in [5.41, 5.74) is 10.3. The average Bonchev–Trinajstić information content (AvgIpc) is 3.64. The topological polar surface area (TPSA) is 97.5 Å². The molecule has 0 saturated heterocycles. The fourth-order valence-corrected chi connectivity index (χ4v) is 7.48. The van der Waals surface area contributed by atoms with Gasteiger partial charge in [-0.3, -0.25) is 0 Å². The van der Waals surface area contributed by atoms with Gasteiger partial charge < -0.3 is 4.57 Å². The van der Waals surface area contributed by atoms with Crippen molar-refractivity contribution >= 4 is 27.5 Å². The molecule has 0 aliphatic rings. The molecular formula is C51H30N8. The Morgan fingerprint density at radius 3 is 1.49 bits per heavy atom. The van der Waals surface area contributed by atoms with Crippen LogP contribution in [0.2, 0.25) is 0 Å². The number of nitriles is 1. The van der Waals surface area contributed by atoms with E-state index < -0.39 is 0 Å². The molecule has 59 heavy (non-hydrogen) atoms. The third-order valence-electron chi connectivity index (χ3n) is 10.3. The highest BCUT2D eigenvalue weighted by molar-refractivity contribution is 6.11. The van der Waals surface area contributed by atoms with Crippen LogP contribution in [-0.4, -0.2) is 29.5 Å². The molecule has 3 heterocycles. The first kappa shape index (κ1) is 34.9. The Bertz CT molecular complexity index is 3090. The molecule has 0 aliphatic heterocycles. The van der Waals surface area contributed by atoms with Gasteiger partial charge in [0.2, 0.25) is 0 Å². The predicted molar refractivity (Wildman–Crippen MR) is 233 cm³/mol. The SMILES string of the molecule is [C-]#[N+]c1ccc2c(c1)c1cc(C#N)ccc1n2-c1ccc(-c2nc(-c3ccccc3)nc(-c3ccccc3)n2)cc1-c1cc(-c2ccccc2)nc(-c2ccccc2)n1. The van der Waals surface area contributed by atoms with Crippen LogP contribution in [0.15, 0.2) is 182 Å². The zero-order valence-corrected chi connectivity index (χ0v) is 31.4. The summed E-state index contributed by atoms with van der Waals surface area (Å²) in [5, 5.41) is 11.7. The summed E-state index contributed by atoms with van der Waals surface area (Å²) in [5.74, 6) is 2.21. The van der Waals surface area contributed by atoms with E-state index in [1.807, 2.05) is 170 Å². The van der Waals surface area contributed by atoms with Crippen LogP contribution < -0.4 is 0 Å². The number of hydrogen-bond acceptors (Lipinski definition) is 6. The molecule has 0 radical (unpaired) electrons. The maximum absolute atomic E-state index is 9.91. The molecule has 0 saturated carbocycles. The Morgan fingerprint density at radius 1 is 0.441 bits per heavy atom. The highest BCUT2D eigenvalue weighted by Gasteiger charge is 2.21. The van der Waals surface area contributed by atoms with Crippen molar-refractivity contribution in [3.05, 3.63) is 199 Å². The Labute approximate surface area is 339 Å². The highest BCUT2D eigenvalue weighted by atomic mass is 15.0. The monoisotopic (exact) mass is 754 g/mol. The Hall–Kier alpha value is -8.59. The quantitative estimate of drug-likeness (QED) is 0.150. The minimum absolute atomic E-state index is 0.508. The van der Waals surface area contributed by atoms with Gasteiger partial charge in [-0.15, -0.1) is 0 Å². The lowest BCUT2D eigenvalue weighted by Crippen LogP contribution is -2.03. The lowest BCUT2D eigenvalue weighted by Gasteiger charge is -2.17. The molecule has 0 atom stereocenters. The Morgan fingerprint density at radius 2 is 0.932 bits per heavy atom. The molecule has 0 spiro atoms. The van der Waals surface area contributed by atoms with E-state index in [4.69, 9.17) is 31.5 Å². The molecule has 7 aromatic carbocycles. The third kappa shape index (κ3) is 6.53. The molecule has 0 aliphatic carbocycles. The van der Waals surface area contributed by atoms with Crippen molar-refractivity contribution in [3.63, 3.8) is 0 Å². The highest BCUT2D eigenvalue weighted by Crippen LogP contribution is 2.40. The first-order valence-corrected chi connectivity index (χ1v) is 19.0. The first-order valence-electron chi connectivity index (χ1n) is 19.0. The van der Waals surface area contributed by atoms with Gasteiger partial charge in [0.05, 0.1) is 46.3 Å². The molecule has 3 aromatic heterocycles. The predicted octanol–water partition coefficient (Wildman–Crippen LogP) is 12.2. The fraction of sp³-hybridized carbons (Fsp3) is 0. The molecule has 0 amide bonds. The standard InChI is InChI=1S/C51H30N8/c1-53-39-24-27-46-41(30-39)40-28-33(32-52)22-25-45(40)59(46)47-26-23-38(51-57-49(36-18-10-4-11-19-36)56-50(58-51)37-20-12-5-13-21-37)29-42(47)44-31-43(34-14-6-2-7-15-34)54-48(55-44)35-16-8-3-9-17-35/h2-31H. The normalized spacial score (nSPS) is 11.0. The Balaban J connectivity index is 1.28. The van der Waals surface area contributed by atoms with Gasteiger partial charge in [0.25, 0.3) is 0 Å². The number of benzene rings is 7. The summed E-state index contributed by atoms with van der Waals surface area (Å²) in [6, 6.07) is 61.8. The van der Waals surface area contributed by atoms with Crippen molar-refractivity contribution in [1.82, 2.24) is 29.5 Å². The van der Waals surface area contributed by atoms with Crippen LogP contribution in [0.3, 0.4) is 0 Å². The van der Waals surface area contributed by atoms with Crippen molar-refractivity contribution in [2.45, 2.75) is 0 Å². The van der Waals surface area contributed by atoms with E-state index in [9.17, 15) is 5.26 Å². The maximum Gasteiger partial charge on any atom is 0.188 e. The van der Waals surface area contributed by atoms with Crippen LogP contribution >= 0.6 is 0 Å². The molecular weight excluding hydrogens is 725 g/mol. The minimum Gasteiger partial charge on any atom is -0.309 e. The van der Waals surface area contributed by atoms with Crippen LogP contribution in [0.5, 0.6) is 0 Å². The fourth-order valence-electron chi connectivity index (χ4n) is 7.48. The van der Waals surface area contributed by atoms with E-state index in [-0.39, 0.29) is 0 Å². The lowest BCUT2D eigenvalue weighted by atomic mass is 10.0. The van der Waals surface area contributed by atoms with Gasteiger partial charge in [0.15, 0.2) is 29.0 Å². The van der Waals surface area contributed by atoms with Crippen LogP contribution in [0.25, 0.3) is 100 Å². The van der Waals surface area contributed by atoms with Crippen LogP contribution in [0, 0.1) is 17.9 Å². The molecule has 0 N–H and O–H groups in total. The number of fused-ring (bicyclic) bond motifs is 3. The molecule has 0 unspecified atom stereocenters. The van der Waals surface area contributed by atoms with E-state index in [2.05, 4.69) is 27.6 Å². The van der Waals surface area contributed by atoms with Crippen molar-refractivity contribution in [3.8, 4) is 79.8 Å². The van der Waals surface area contributed by atoms with Gasteiger partial charge in [-0.2, -0.15) is 5.26 Å². The molecule has 8 nitrogen and oxygen atoms in total. The summed E-state index contributed by atoms with van der Waals surface area (Å²) >= 11 is 0. The van der Waals surface area contributed by atoms with E-state index in [1.165, 1.54) is 0 Å². The van der Waals surface area contributed by atoms with E-state index in [0.29, 0.717) is 40.2 Å². The van der Waals surface area contributed by atoms with Crippen molar-refractivity contribution < 1.29 is 0 Å². The molecule has 8 heteroatoms. The summed E-state index contributed by atoms with van der Waals surface area (Å²) < 4.78 is 2.18. The summed E-state index contributed by atoms with van der Waals surface area (Å²) in [6.45, 7) is 7.79. The van der Waals surface area contributed by atoms with Gasteiger partial charge in [-0.05, 0) is 60.0 Å². The molecule has 0 fully saturated rings. The van der Waals surface area contributed by atoms with Crippen molar-refractivity contribution in [2.75, 3.05) is 0 Å². The van der Waals surface area contributed by atoms with E-state index >= 15 is 0 Å². The zero-order chi connectivity index (χ0) is 39.7. The third-order valence-corrected chi connectivity index (χ3v) is 10.3. The average molecular weight is 755 g/mol. The number of nitrogens with zero attached hydrogens (tertiary/aromatic N) is 8. The molecule has 10 rings (SSSR count). The van der Waals surface area contributed by atoms with E-state index in [0.717, 1.165) is 66.6 Å². The number of hydrogen-bond donors (Lipinski definition) is 0. The Kier molecular flexibility index (Phi) is 8.76. The zero-order valence-electron chi connectivity index (χ0n) is 31.4. The van der Waals surface area contributed by atoms with Crippen molar-refractivity contribution in [1.29, 1.82) is 5.26 Å². The van der Waals surface area contributed by atoms with Gasteiger partial charge in [-0.25, -0.2) is 29.8 Å². The maximum atomic E-state index is 9.91. The second kappa shape index (κ2) is 14.8. The molecule has 274 valence electrons. The number of rotatable bonds is 7. The van der Waals surface area contributed by atoms with Crippen molar-refractivity contribution in [2.24, 2.45) is 0 Å².